The van der Waals surface area contributed by atoms with E-state index in [1.165, 1.54) is 37.7 Å². The van der Waals surface area contributed by atoms with Crippen molar-refractivity contribution in [2.24, 2.45) is 23.7 Å². The van der Waals surface area contributed by atoms with E-state index in [4.69, 9.17) is 4.74 Å². The summed E-state index contributed by atoms with van der Waals surface area (Å²) in [6.07, 6.45) is 15.1. The molecular weight excluding hydrogens is 895 g/mol. The molecule has 0 aromatic heterocycles. The van der Waals surface area contributed by atoms with E-state index in [2.05, 4.69) is 93.7 Å². The van der Waals surface area contributed by atoms with Gasteiger partial charge in [0.15, 0.2) is 0 Å². The van der Waals surface area contributed by atoms with Crippen LogP contribution in [0.15, 0.2) is 11.6 Å². The summed E-state index contributed by atoms with van der Waals surface area (Å²) in [5, 5.41) is 0. The van der Waals surface area contributed by atoms with Crippen LogP contribution in [0, 0.1) is 23.7 Å². The van der Waals surface area contributed by atoms with Gasteiger partial charge in [-0.25, -0.2) is 0 Å². The number of carbonyl (C=O) groups excluding carboxylic acids is 2. The van der Waals surface area contributed by atoms with Crippen LogP contribution in [0.2, 0.25) is 0 Å². The first-order chi connectivity index (χ1) is 14.6. The molecule has 2 aliphatic carbocycles. The zero-order valence-corrected chi connectivity index (χ0v) is 30.2. The molecule has 0 radical (unpaired) electrons. The van der Waals surface area contributed by atoms with Gasteiger partial charge in [0.2, 0.25) is 0 Å². The summed E-state index contributed by atoms with van der Waals surface area (Å²) in [5.74, 6) is 3.33. The minimum absolute atomic E-state index is 0. The Balaban J connectivity index is 0.000000504. The zero-order valence-electron chi connectivity index (χ0n) is 20.0. The average Bonchev–Trinajstić information content (AvgIpc) is 3.07. The van der Waals surface area contributed by atoms with Gasteiger partial charge in [-0.1, -0.05) is 39.3 Å². The Kier molecular flexibility index (Phi) is 20.0. The number of ether oxygens (including phenoxy) is 1. The van der Waals surface area contributed by atoms with E-state index in [-0.39, 0.29) is 40.5 Å². The van der Waals surface area contributed by atoms with Gasteiger partial charge >= 0.3 is 70.8 Å². The molecule has 3 aliphatic rings. The van der Waals surface area contributed by atoms with Crippen LogP contribution in [-0.2, 0) is 19.2 Å². The van der Waals surface area contributed by atoms with Crippen LogP contribution in [0.25, 0.3) is 0 Å². The summed E-state index contributed by atoms with van der Waals surface area (Å²) < 4.78 is 5.48. The van der Waals surface area contributed by atoms with Gasteiger partial charge in [0.25, 0.3) is 0 Å². The van der Waals surface area contributed by atoms with Crippen molar-refractivity contribution in [3.8, 4) is 0 Å². The van der Waals surface area contributed by atoms with E-state index in [0.717, 1.165) is 55.6 Å². The van der Waals surface area contributed by atoms with Crippen LogP contribution in [0.4, 0.5) is 0 Å². The summed E-state index contributed by atoms with van der Waals surface area (Å²) in [7, 11) is 0. The molecule has 3 nitrogen and oxygen atoms in total. The number of aldehydes is 1. The third kappa shape index (κ3) is 14.2. The fourth-order valence-corrected chi connectivity index (χ4v) is 4.84. The fraction of sp³-hybridized carbons (Fsp3) is 0.833. The molecule has 1 saturated carbocycles. The first-order valence-corrected chi connectivity index (χ1v) is 25.2. The Morgan fingerprint density at radius 2 is 1.59 bits per heavy atom. The fourth-order valence-electron chi connectivity index (χ4n) is 4.84. The number of rotatable bonds is 5. The molecule has 1 heterocycles. The Hall–Kier alpha value is 2.38. The van der Waals surface area contributed by atoms with Crippen LogP contribution in [0.1, 0.15) is 98.3 Å². The molecule has 1 aliphatic heterocycles. The Morgan fingerprint density at radius 3 is 1.97 bits per heavy atom. The van der Waals surface area contributed by atoms with Crippen LogP contribution >= 0.6 is 83.9 Å². The Morgan fingerprint density at radius 1 is 1.03 bits per heavy atom. The first-order valence-electron chi connectivity index (χ1n) is 11.7. The average molecular weight is 936 g/mol. The van der Waals surface area contributed by atoms with Gasteiger partial charge in [0.05, 0.1) is 0 Å². The van der Waals surface area contributed by atoms with E-state index >= 15 is 0 Å². The quantitative estimate of drug-likeness (QED) is 0.120. The number of carbonyl (C=O) groups is 2. The third-order valence-corrected chi connectivity index (χ3v) is 7.07. The summed E-state index contributed by atoms with van der Waals surface area (Å²) >= 11 is 7.39. The standard InChI is InChI=1S/C12H20O2.C12H20O.4HI.V/c1-9(2)10-3-6-12(7-4-10)8-5-11(13)14-12;1-10(2)12-7-5-11(6-8-12)4-3-9-13;;;;;/h9-10H,3-8H2,1-2H3;5,9-10,12H,3-4,6-8H2,1-2H3;4*1H;/q;;;;;;+3/p-3. The molecule has 0 N–H and O–H groups in total. The van der Waals surface area contributed by atoms with E-state index < -0.39 is 0 Å². The van der Waals surface area contributed by atoms with Crippen molar-refractivity contribution in [1.29, 1.82) is 0 Å². The molecule has 32 heavy (non-hydrogen) atoms. The van der Waals surface area contributed by atoms with Gasteiger partial charge in [0.1, 0.15) is 11.9 Å². The normalized spacial score (nSPS) is 27.1. The van der Waals surface area contributed by atoms with E-state index in [9.17, 15) is 9.59 Å². The van der Waals surface area contributed by atoms with Crippen molar-refractivity contribution in [2.45, 2.75) is 104 Å². The molecule has 3 rings (SSSR count). The maximum atomic E-state index is 11.1. The first kappa shape index (κ1) is 34.4. The van der Waals surface area contributed by atoms with Crippen LogP contribution in [0.5, 0.6) is 0 Å². The van der Waals surface area contributed by atoms with Gasteiger partial charge in [0, 0.05) is 12.8 Å². The van der Waals surface area contributed by atoms with Crippen LogP contribution < -0.4 is 0 Å². The van der Waals surface area contributed by atoms with Gasteiger partial charge in [-0.05, 0) is 81.5 Å². The number of esters is 1. The topological polar surface area (TPSA) is 43.4 Å². The molecule has 0 aromatic rings. The van der Waals surface area contributed by atoms with Crippen molar-refractivity contribution in [3.05, 3.63) is 11.6 Å². The molecule has 1 atom stereocenters. The van der Waals surface area contributed by atoms with Crippen LogP contribution in [0.3, 0.4) is 0 Å². The molecule has 8 heteroatoms. The van der Waals surface area contributed by atoms with Gasteiger partial charge in [-0.3, -0.25) is 4.79 Å². The zero-order chi connectivity index (χ0) is 23.4. The van der Waals surface area contributed by atoms with Crippen molar-refractivity contribution < 1.29 is 19.2 Å². The van der Waals surface area contributed by atoms with Crippen molar-refractivity contribution in [3.63, 3.8) is 0 Å². The van der Waals surface area contributed by atoms with E-state index in [1.54, 1.807) is 0 Å². The second-order valence-corrected chi connectivity index (χ2v) is 45.1. The summed E-state index contributed by atoms with van der Waals surface area (Å²) in [6, 6.07) is 0. The van der Waals surface area contributed by atoms with Crippen molar-refractivity contribution in [2.75, 3.05) is 0 Å². The second-order valence-electron chi connectivity index (χ2n) is 9.78. The Labute approximate surface area is 251 Å². The molecule has 0 bridgehead atoms. The molecule has 188 valence electrons. The molecule has 0 amide bonds. The van der Waals surface area contributed by atoms with E-state index in [0.29, 0.717) is 12.8 Å². The van der Waals surface area contributed by atoms with Gasteiger partial charge in [-0.2, -0.15) is 0 Å². The van der Waals surface area contributed by atoms with Gasteiger partial charge < -0.3 is 9.53 Å². The molecule has 2 fully saturated rings. The van der Waals surface area contributed by atoms with Crippen LogP contribution in [-0.4, -0.2) is 17.9 Å². The van der Waals surface area contributed by atoms with Crippen molar-refractivity contribution >= 4 is 96.2 Å². The molecule has 0 aromatic carbocycles. The third-order valence-electron chi connectivity index (χ3n) is 7.07. The molecule has 1 saturated heterocycles. The predicted molar refractivity (Wildman–Crippen MR) is 168 cm³/mol. The summed E-state index contributed by atoms with van der Waals surface area (Å²) in [4.78, 5) is 21.0. The maximum absolute atomic E-state index is 11.1. The SMILES string of the molecule is CC(C)C1CC=C(CCC=O)CC1.CC(C)C1CCC2(CCC(=O)O2)CC1.I.[I][V]([I])[I]. The summed E-state index contributed by atoms with van der Waals surface area (Å²) in [5.41, 5.74) is 1.46. The molecule has 1 spiro atoms. The number of hydrogen-bond donors (Lipinski definition) is 0. The number of allylic oxidation sites excluding steroid dienone is 2. The molecule has 1 unspecified atom stereocenters. The number of halogens is 4. The van der Waals surface area contributed by atoms with Crippen molar-refractivity contribution in [1.82, 2.24) is 0 Å². The minimum atomic E-state index is -0.278. The molecular formula is C24H41I4O3V. The number of hydrogen-bond acceptors (Lipinski definition) is 3. The monoisotopic (exact) mass is 936 g/mol. The predicted octanol–water partition coefficient (Wildman–Crippen LogP) is 9.53. The summed E-state index contributed by atoms with van der Waals surface area (Å²) in [6.45, 7) is 9.19. The van der Waals surface area contributed by atoms with Gasteiger partial charge in [-0.15, -0.1) is 24.0 Å². The van der Waals surface area contributed by atoms with E-state index in [1.807, 2.05) is 0 Å². The Bertz CT molecular complexity index is 571. The second kappa shape index (κ2) is 18.6.